The summed E-state index contributed by atoms with van der Waals surface area (Å²) in [5, 5.41) is 12.7. The third kappa shape index (κ3) is 4.86. The molecule has 1 unspecified atom stereocenters. The largest absolute Gasteiger partial charge is 0.350 e. The van der Waals surface area contributed by atoms with Crippen molar-refractivity contribution in [3.63, 3.8) is 0 Å². The molecule has 0 spiro atoms. The highest BCUT2D eigenvalue weighted by Crippen LogP contribution is 2.21. The van der Waals surface area contributed by atoms with Gasteiger partial charge in [-0.2, -0.15) is 0 Å². The van der Waals surface area contributed by atoms with Crippen LogP contribution < -0.4 is 5.32 Å². The van der Waals surface area contributed by atoms with Crippen LogP contribution in [-0.4, -0.2) is 44.8 Å². The standard InChI is InChI=1S/C20H20FN5O2S/c21-16-5-3-14(4-6-16)11-26-13-18(23-24-26)20(28)22-9-15-8-19(27)25(10-15)12-17-2-1-7-29-17/h1-7,13,15H,8-12H2,(H,22,28). The Hall–Kier alpha value is -3.07. The molecule has 1 aliphatic heterocycles. The second-order valence-electron chi connectivity index (χ2n) is 7.06. The number of thiophene rings is 1. The molecule has 9 heteroatoms. The van der Waals surface area contributed by atoms with Crippen molar-refractivity contribution in [2.24, 2.45) is 5.92 Å². The summed E-state index contributed by atoms with van der Waals surface area (Å²) in [5.74, 6) is -0.421. The summed E-state index contributed by atoms with van der Waals surface area (Å²) in [7, 11) is 0. The van der Waals surface area contributed by atoms with Gasteiger partial charge in [-0.15, -0.1) is 16.4 Å². The number of halogens is 1. The molecule has 0 bridgehead atoms. The van der Waals surface area contributed by atoms with E-state index in [-0.39, 0.29) is 29.2 Å². The lowest BCUT2D eigenvalue weighted by Gasteiger charge is -2.15. The highest BCUT2D eigenvalue weighted by molar-refractivity contribution is 7.09. The van der Waals surface area contributed by atoms with Crippen LogP contribution in [0.1, 0.15) is 27.3 Å². The van der Waals surface area contributed by atoms with Gasteiger partial charge in [0, 0.05) is 30.3 Å². The predicted molar refractivity (Wildman–Crippen MR) is 106 cm³/mol. The quantitative estimate of drug-likeness (QED) is 0.645. The number of benzene rings is 1. The molecule has 2 amide bonds. The Morgan fingerprint density at radius 3 is 2.83 bits per heavy atom. The zero-order chi connectivity index (χ0) is 20.2. The van der Waals surface area contributed by atoms with Gasteiger partial charge in [-0.05, 0) is 29.1 Å². The van der Waals surface area contributed by atoms with E-state index in [0.717, 1.165) is 10.4 Å². The lowest BCUT2D eigenvalue weighted by atomic mass is 10.1. The zero-order valence-electron chi connectivity index (χ0n) is 15.6. The minimum atomic E-state index is -0.320. The van der Waals surface area contributed by atoms with Gasteiger partial charge in [-0.3, -0.25) is 9.59 Å². The third-order valence-electron chi connectivity index (χ3n) is 4.80. The fourth-order valence-electron chi connectivity index (χ4n) is 3.32. The van der Waals surface area contributed by atoms with Crippen LogP contribution in [0.4, 0.5) is 4.39 Å². The van der Waals surface area contributed by atoms with Gasteiger partial charge in [0.2, 0.25) is 5.91 Å². The van der Waals surface area contributed by atoms with Gasteiger partial charge < -0.3 is 10.2 Å². The van der Waals surface area contributed by atoms with E-state index in [1.165, 1.54) is 16.8 Å². The summed E-state index contributed by atoms with van der Waals surface area (Å²) in [6.45, 7) is 2.07. The van der Waals surface area contributed by atoms with Crippen molar-refractivity contribution in [1.82, 2.24) is 25.2 Å². The number of aromatic nitrogens is 3. The second-order valence-corrected chi connectivity index (χ2v) is 8.09. The van der Waals surface area contributed by atoms with Gasteiger partial charge in [0.05, 0.1) is 19.3 Å². The maximum Gasteiger partial charge on any atom is 0.273 e. The van der Waals surface area contributed by atoms with E-state index >= 15 is 0 Å². The maximum atomic E-state index is 13.0. The van der Waals surface area contributed by atoms with E-state index in [1.54, 1.807) is 29.7 Å². The topological polar surface area (TPSA) is 80.1 Å². The van der Waals surface area contributed by atoms with E-state index in [2.05, 4.69) is 15.6 Å². The van der Waals surface area contributed by atoms with Crippen molar-refractivity contribution in [3.8, 4) is 0 Å². The van der Waals surface area contributed by atoms with Gasteiger partial charge in [0.15, 0.2) is 5.69 Å². The molecule has 150 valence electrons. The Morgan fingerprint density at radius 2 is 2.07 bits per heavy atom. The number of rotatable bonds is 7. The van der Waals surface area contributed by atoms with Crippen molar-refractivity contribution in [1.29, 1.82) is 0 Å². The predicted octanol–water partition coefficient (Wildman–Crippen LogP) is 2.31. The number of nitrogens with zero attached hydrogens (tertiary/aromatic N) is 4. The number of nitrogens with one attached hydrogen (secondary N) is 1. The van der Waals surface area contributed by atoms with E-state index < -0.39 is 0 Å². The first kappa shape index (κ1) is 19.3. The zero-order valence-corrected chi connectivity index (χ0v) is 16.4. The Labute approximate surface area is 171 Å². The summed E-state index contributed by atoms with van der Waals surface area (Å²) in [4.78, 5) is 27.5. The first-order chi connectivity index (χ1) is 14.1. The lowest BCUT2D eigenvalue weighted by molar-refractivity contribution is -0.128. The summed E-state index contributed by atoms with van der Waals surface area (Å²) in [6.07, 6.45) is 1.99. The molecule has 1 atom stereocenters. The van der Waals surface area contributed by atoms with Crippen LogP contribution in [0.2, 0.25) is 0 Å². The fourth-order valence-corrected chi connectivity index (χ4v) is 4.04. The summed E-state index contributed by atoms with van der Waals surface area (Å²) >= 11 is 1.63. The van der Waals surface area contributed by atoms with Gasteiger partial charge in [0.25, 0.3) is 5.91 Å². The molecule has 2 aromatic heterocycles. The average molecular weight is 413 g/mol. The van der Waals surface area contributed by atoms with Gasteiger partial charge in [-0.25, -0.2) is 9.07 Å². The Morgan fingerprint density at radius 1 is 1.24 bits per heavy atom. The monoisotopic (exact) mass is 413 g/mol. The number of amides is 2. The first-order valence-electron chi connectivity index (χ1n) is 9.30. The molecule has 4 rings (SSSR count). The summed E-state index contributed by atoms with van der Waals surface area (Å²) < 4.78 is 14.5. The molecule has 1 aliphatic rings. The molecule has 7 nitrogen and oxygen atoms in total. The maximum absolute atomic E-state index is 13.0. The third-order valence-corrected chi connectivity index (χ3v) is 5.66. The summed E-state index contributed by atoms with van der Waals surface area (Å²) in [5.41, 5.74) is 1.07. The number of hydrogen-bond donors (Lipinski definition) is 1. The number of carbonyl (C=O) groups is 2. The normalized spacial score (nSPS) is 16.4. The van der Waals surface area contributed by atoms with E-state index in [4.69, 9.17) is 0 Å². The Balaban J connectivity index is 1.27. The minimum absolute atomic E-state index is 0.0840. The number of hydrogen-bond acceptors (Lipinski definition) is 5. The molecule has 0 radical (unpaired) electrons. The highest BCUT2D eigenvalue weighted by Gasteiger charge is 2.30. The average Bonchev–Trinajstić information content (AvgIpc) is 3.45. The molecule has 1 fully saturated rings. The molecule has 3 heterocycles. The molecule has 3 aromatic rings. The van der Waals surface area contributed by atoms with Crippen molar-refractivity contribution < 1.29 is 14.0 Å². The van der Waals surface area contributed by atoms with Crippen molar-refractivity contribution >= 4 is 23.2 Å². The van der Waals surface area contributed by atoms with Crippen LogP contribution in [0.15, 0.2) is 48.0 Å². The minimum Gasteiger partial charge on any atom is -0.350 e. The molecule has 1 N–H and O–H groups in total. The molecule has 0 aliphatic carbocycles. The van der Waals surface area contributed by atoms with Crippen molar-refractivity contribution in [3.05, 3.63) is 69.9 Å². The van der Waals surface area contributed by atoms with E-state index in [9.17, 15) is 14.0 Å². The molecular weight excluding hydrogens is 393 g/mol. The van der Waals surface area contributed by atoms with Crippen LogP contribution in [-0.2, 0) is 17.9 Å². The molecule has 0 saturated carbocycles. The van der Waals surface area contributed by atoms with Crippen LogP contribution >= 0.6 is 11.3 Å². The summed E-state index contributed by atoms with van der Waals surface area (Å²) in [6, 6.07) is 10.1. The first-order valence-corrected chi connectivity index (χ1v) is 10.2. The lowest BCUT2D eigenvalue weighted by Crippen LogP contribution is -2.31. The van der Waals surface area contributed by atoms with Crippen LogP contribution in [0.25, 0.3) is 0 Å². The Bertz CT molecular complexity index is 987. The van der Waals surface area contributed by atoms with Crippen LogP contribution in [0.5, 0.6) is 0 Å². The smallest absolute Gasteiger partial charge is 0.273 e. The van der Waals surface area contributed by atoms with Crippen LogP contribution in [0, 0.1) is 11.7 Å². The molecule has 29 heavy (non-hydrogen) atoms. The molecular formula is C20H20FN5O2S. The van der Waals surface area contributed by atoms with Crippen LogP contribution in [0.3, 0.4) is 0 Å². The highest BCUT2D eigenvalue weighted by atomic mass is 32.1. The van der Waals surface area contributed by atoms with E-state index in [1.807, 2.05) is 22.4 Å². The molecule has 1 aromatic carbocycles. The number of likely N-dealkylation sites (tertiary alicyclic amines) is 1. The van der Waals surface area contributed by atoms with Gasteiger partial charge >= 0.3 is 0 Å². The molecule has 1 saturated heterocycles. The van der Waals surface area contributed by atoms with Crippen molar-refractivity contribution in [2.45, 2.75) is 19.5 Å². The SMILES string of the molecule is O=C(NCC1CC(=O)N(Cc2cccs2)C1)c1cn(Cc2ccc(F)cc2)nn1. The fraction of sp³-hybridized carbons (Fsp3) is 0.300. The van der Waals surface area contributed by atoms with E-state index in [0.29, 0.717) is 32.6 Å². The number of carbonyl (C=O) groups excluding carboxylic acids is 2. The van der Waals surface area contributed by atoms with Gasteiger partial charge in [0.1, 0.15) is 5.82 Å². The Kier molecular flexibility index (Phi) is 5.66. The van der Waals surface area contributed by atoms with Crippen molar-refractivity contribution in [2.75, 3.05) is 13.1 Å². The van der Waals surface area contributed by atoms with Gasteiger partial charge in [-0.1, -0.05) is 23.4 Å². The second kappa shape index (κ2) is 8.52.